The standard InChI is InChI=1S/C29H39ClF2N8O2Si/c1-38-14-19-20(36-38)6-5-18(23(19)30)24-25-27(40(37-24)17-42-11-12-43(2,3)4)35-26(21(15-41)34-25)39-9-7-28(8-10-39)16-29(31,32)13-22(28)33/h5-6,14,22,41H,7-13,15-17,33H2,1-4H3/t22-/m1/s1. The van der Waals surface area contributed by atoms with Gasteiger partial charge in [0.1, 0.15) is 23.6 Å². The Morgan fingerprint density at radius 3 is 2.56 bits per heavy atom. The molecule has 1 aliphatic carbocycles. The molecule has 10 nitrogen and oxygen atoms in total. The van der Waals surface area contributed by atoms with Gasteiger partial charge in [-0.1, -0.05) is 31.2 Å². The van der Waals surface area contributed by atoms with Crippen molar-refractivity contribution in [3.05, 3.63) is 29.0 Å². The third-order valence-electron chi connectivity index (χ3n) is 8.95. The van der Waals surface area contributed by atoms with E-state index in [4.69, 9.17) is 37.1 Å². The van der Waals surface area contributed by atoms with Gasteiger partial charge in [0.2, 0.25) is 5.92 Å². The highest BCUT2D eigenvalue weighted by Crippen LogP contribution is 2.52. The van der Waals surface area contributed by atoms with Crippen LogP contribution in [0.1, 0.15) is 31.4 Å². The van der Waals surface area contributed by atoms with Crippen LogP contribution in [-0.4, -0.2) is 74.4 Å². The van der Waals surface area contributed by atoms with E-state index >= 15 is 0 Å². The number of halogens is 3. The minimum absolute atomic E-state index is 0.174. The molecule has 4 heterocycles. The molecule has 4 aromatic rings. The Morgan fingerprint density at radius 1 is 1.16 bits per heavy atom. The molecule has 1 aliphatic heterocycles. The quantitative estimate of drug-likeness (QED) is 0.201. The highest BCUT2D eigenvalue weighted by Gasteiger charge is 2.55. The summed E-state index contributed by atoms with van der Waals surface area (Å²) in [6, 6.07) is 4.23. The van der Waals surface area contributed by atoms with Crippen molar-refractivity contribution in [1.29, 1.82) is 0 Å². The predicted molar refractivity (Wildman–Crippen MR) is 166 cm³/mol. The van der Waals surface area contributed by atoms with Crippen molar-refractivity contribution in [2.75, 3.05) is 24.6 Å². The first-order valence-electron chi connectivity index (χ1n) is 14.8. The number of aliphatic hydroxyl groups excluding tert-OH is 1. The molecule has 3 aromatic heterocycles. The molecule has 1 aromatic carbocycles. The molecule has 0 bridgehead atoms. The Labute approximate surface area is 255 Å². The fourth-order valence-corrected chi connectivity index (χ4v) is 7.55. The lowest BCUT2D eigenvalue weighted by molar-refractivity contribution is -0.00684. The van der Waals surface area contributed by atoms with Crippen molar-refractivity contribution in [1.82, 2.24) is 29.5 Å². The number of ether oxygens (including phenoxy) is 1. The van der Waals surface area contributed by atoms with Gasteiger partial charge in [-0.15, -0.1) is 0 Å². The highest BCUT2D eigenvalue weighted by atomic mass is 35.5. The molecular weight excluding hydrogens is 594 g/mol. The first-order valence-corrected chi connectivity index (χ1v) is 18.8. The maximum atomic E-state index is 14.3. The van der Waals surface area contributed by atoms with Gasteiger partial charge in [-0.2, -0.15) is 10.2 Å². The van der Waals surface area contributed by atoms with Gasteiger partial charge in [-0.05, 0) is 36.4 Å². The van der Waals surface area contributed by atoms with Gasteiger partial charge in [0, 0.05) is 70.8 Å². The zero-order valence-electron chi connectivity index (χ0n) is 25.1. The van der Waals surface area contributed by atoms with Gasteiger partial charge < -0.3 is 20.5 Å². The van der Waals surface area contributed by atoms with E-state index in [0.717, 1.165) is 16.9 Å². The van der Waals surface area contributed by atoms with Gasteiger partial charge in [-0.3, -0.25) is 4.68 Å². The predicted octanol–water partition coefficient (Wildman–Crippen LogP) is 5.18. The van der Waals surface area contributed by atoms with E-state index in [2.05, 4.69) is 24.7 Å². The van der Waals surface area contributed by atoms with Gasteiger partial charge in [0.15, 0.2) is 11.5 Å². The maximum absolute atomic E-state index is 14.3. The van der Waals surface area contributed by atoms with Crippen LogP contribution in [-0.2, 0) is 25.1 Å². The Hall–Kier alpha value is -2.71. The monoisotopic (exact) mass is 632 g/mol. The van der Waals surface area contributed by atoms with Gasteiger partial charge in [0.05, 0.1) is 17.1 Å². The van der Waals surface area contributed by atoms with E-state index in [1.165, 1.54) is 0 Å². The summed E-state index contributed by atoms with van der Waals surface area (Å²) < 4.78 is 38.0. The number of aryl methyl sites for hydroxylation is 1. The molecule has 1 saturated carbocycles. The van der Waals surface area contributed by atoms with Crippen molar-refractivity contribution in [3.63, 3.8) is 0 Å². The number of piperidine rings is 1. The zero-order valence-corrected chi connectivity index (χ0v) is 26.8. The maximum Gasteiger partial charge on any atom is 0.250 e. The second-order valence-corrected chi connectivity index (χ2v) is 19.4. The molecule has 1 saturated heterocycles. The van der Waals surface area contributed by atoms with Crippen LogP contribution in [0.5, 0.6) is 0 Å². The lowest BCUT2D eigenvalue weighted by Gasteiger charge is -2.42. The number of benzene rings is 1. The van der Waals surface area contributed by atoms with Gasteiger partial charge in [0.25, 0.3) is 0 Å². The van der Waals surface area contributed by atoms with Crippen LogP contribution in [0.2, 0.25) is 30.7 Å². The SMILES string of the molecule is Cn1cc2c(Cl)c(-c3nn(COCC[Si](C)(C)C)c4nc(N5CCC6(CC5)CC(F)(F)C[C@H]6N)c(CO)nc34)ccc2n1. The van der Waals surface area contributed by atoms with E-state index in [1.807, 2.05) is 30.3 Å². The fraction of sp³-hybridized carbons (Fsp3) is 0.586. The molecule has 2 aliphatic rings. The number of nitrogens with zero attached hydrogens (tertiary/aromatic N) is 7. The molecule has 6 rings (SSSR count). The van der Waals surface area contributed by atoms with E-state index in [-0.39, 0.29) is 26.2 Å². The number of nitrogens with two attached hydrogens (primary N) is 1. The van der Waals surface area contributed by atoms with Crippen LogP contribution in [0.3, 0.4) is 0 Å². The average Bonchev–Trinajstić information content (AvgIpc) is 3.56. The molecule has 0 unspecified atom stereocenters. The number of hydrogen-bond donors (Lipinski definition) is 2. The third kappa shape index (κ3) is 5.77. The number of hydrogen-bond acceptors (Lipinski definition) is 8. The topological polar surface area (TPSA) is 120 Å². The van der Waals surface area contributed by atoms with Gasteiger partial charge in [-0.25, -0.2) is 23.4 Å². The van der Waals surface area contributed by atoms with Crippen molar-refractivity contribution in [3.8, 4) is 11.3 Å². The minimum Gasteiger partial charge on any atom is -0.390 e. The molecular formula is C29H39ClF2N8O2Si. The molecule has 0 radical (unpaired) electrons. The van der Waals surface area contributed by atoms with E-state index in [1.54, 1.807) is 9.36 Å². The first kappa shape index (κ1) is 30.3. The molecule has 43 heavy (non-hydrogen) atoms. The van der Waals surface area contributed by atoms with Crippen LogP contribution in [0.4, 0.5) is 14.6 Å². The molecule has 14 heteroatoms. The van der Waals surface area contributed by atoms with Crippen LogP contribution >= 0.6 is 11.6 Å². The largest absolute Gasteiger partial charge is 0.390 e. The minimum atomic E-state index is -2.73. The van der Waals surface area contributed by atoms with Crippen LogP contribution in [0.25, 0.3) is 33.3 Å². The summed E-state index contributed by atoms with van der Waals surface area (Å²) in [7, 11) is 0.542. The summed E-state index contributed by atoms with van der Waals surface area (Å²) in [6.07, 6.45) is 2.46. The van der Waals surface area contributed by atoms with Crippen molar-refractivity contribution in [2.24, 2.45) is 18.2 Å². The Bertz CT molecular complexity index is 1660. The number of anilines is 1. The third-order valence-corrected chi connectivity index (χ3v) is 11.1. The Balaban J connectivity index is 1.38. The zero-order chi connectivity index (χ0) is 30.7. The van der Waals surface area contributed by atoms with E-state index < -0.39 is 25.5 Å². The fourth-order valence-electron chi connectivity index (χ4n) is 6.50. The summed E-state index contributed by atoms with van der Waals surface area (Å²) in [5.41, 5.74) is 9.02. The molecule has 2 fully saturated rings. The van der Waals surface area contributed by atoms with Gasteiger partial charge >= 0.3 is 0 Å². The molecule has 1 spiro atoms. The Morgan fingerprint density at radius 2 is 1.91 bits per heavy atom. The Kier molecular flexibility index (Phi) is 7.77. The normalized spacial score (nSPS) is 20.2. The van der Waals surface area contributed by atoms with Crippen LogP contribution in [0, 0.1) is 5.41 Å². The smallest absolute Gasteiger partial charge is 0.250 e. The van der Waals surface area contributed by atoms with E-state index in [0.29, 0.717) is 71.5 Å². The number of aliphatic hydroxyl groups is 1. The van der Waals surface area contributed by atoms with Crippen LogP contribution < -0.4 is 10.6 Å². The van der Waals surface area contributed by atoms with Crippen molar-refractivity contribution < 1.29 is 18.6 Å². The van der Waals surface area contributed by atoms with Crippen molar-refractivity contribution in [2.45, 2.75) is 76.7 Å². The summed E-state index contributed by atoms with van der Waals surface area (Å²) >= 11 is 6.90. The highest BCUT2D eigenvalue weighted by molar-refractivity contribution is 6.76. The molecule has 1 atom stereocenters. The van der Waals surface area contributed by atoms with E-state index in [9.17, 15) is 13.9 Å². The molecule has 232 valence electrons. The van der Waals surface area contributed by atoms with Crippen molar-refractivity contribution >= 4 is 47.6 Å². The first-order chi connectivity index (χ1) is 20.3. The summed E-state index contributed by atoms with van der Waals surface area (Å²) in [5, 5.41) is 21.0. The van der Waals surface area contributed by atoms with Crippen LogP contribution in [0.15, 0.2) is 18.3 Å². The number of fused-ring (bicyclic) bond motifs is 2. The lowest BCUT2D eigenvalue weighted by atomic mass is 9.74. The number of aromatic nitrogens is 6. The summed E-state index contributed by atoms with van der Waals surface area (Å²) in [5.74, 6) is -2.21. The number of rotatable bonds is 8. The second kappa shape index (κ2) is 11.0. The summed E-state index contributed by atoms with van der Waals surface area (Å²) in [4.78, 5) is 11.9. The second-order valence-electron chi connectivity index (χ2n) is 13.4. The number of alkyl halides is 2. The summed E-state index contributed by atoms with van der Waals surface area (Å²) in [6.45, 7) is 8.31. The molecule has 3 N–H and O–H groups in total. The average molecular weight is 633 g/mol. The lowest BCUT2D eigenvalue weighted by Crippen LogP contribution is -2.47. The molecule has 0 amide bonds.